The van der Waals surface area contributed by atoms with Gasteiger partial charge in [-0.25, -0.2) is 0 Å². The highest BCUT2D eigenvalue weighted by molar-refractivity contribution is 7.99. The molecule has 118 valence electrons. The molecule has 0 spiro atoms. The Hall–Kier alpha value is -0.680. The van der Waals surface area contributed by atoms with Gasteiger partial charge in [0.15, 0.2) is 0 Å². The quantitative estimate of drug-likeness (QED) is 0.830. The van der Waals surface area contributed by atoms with Crippen LogP contribution in [0.15, 0.2) is 24.3 Å². The van der Waals surface area contributed by atoms with E-state index < -0.39 is 11.7 Å². The van der Waals surface area contributed by atoms with Gasteiger partial charge in [-0.15, -0.1) is 0 Å². The molecule has 5 heteroatoms. The van der Waals surface area contributed by atoms with E-state index in [9.17, 15) is 13.2 Å². The van der Waals surface area contributed by atoms with Gasteiger partial charge in [0.2, 0.25) is 0 Å². The van der Waals surface area contributed by atoms with Crippen LogP contribution in [0.5, 0.6) is 0 Å². The Labute approximate surface area is 128 Å². The summed E-state index contributed by atoms with van der Waals surface area (Å²) in [5, 5.41) is 3.25. The molecule has 1 atom stereocenters. The Morgan fingerprint density at radius 1 is 1.24 bits per heavy atom. The molecule has 1 heterocycles. The van der Waals surface area contributed by atoms with E-state index in [1.54, 1.807) is 12.1 Å². The van der Waals surface area contributed by atoms with Crippen molar-refractivity contribution in [1.29, 1.82) is 0 Å². The first-order valence-corrected chi connectivity index (χ1v) is 8.65. The largest absolute Gasteiger partial charge is 0.416 e. The van der Waals surface area contributed by atoms with Crippen LogP contribution in [-0.2, 0) is 6.18 Å². The third kappa shape index (κ3) is 4.65. The topological polar surface area (TPSA) is 12.0 Å². The van der Waals surface area contributed by atoms with Gasteiger partial charge in [0.1, 0.15) is 0 Å². The fraction of sp³-hybridized carbons (Fsp3) is 0.625. The van der Waals surface area contributed by atoms with Crippen molar-refractivity contribution in [2.45, 2.75) is 38.4 Å². The molecule has 0 radical (unpaired) electrons. The second kappa shape index (κ2) is 7.54. The Kier molecular flexibility index (Phi) is 5.99. The van der Waals surface area contributed by atoms with E-state index in [1.165, 1.54) is 12.1 Å². The van der Waals surface area contributed by atoms with Gasteiger partial charge < -0.3 is 5.32 Å². The van der Waals surface area contributed by atoms with Crippen LogP contribution < -0.4 is 5.32 Å². The van der Waals surface area contributed by atoms with Crippen molar-refractivity contribution in [1.82, 2.24) is 5.32 Å². The fourth-order valence-corrected chi connectivity index (χ4v) is 4.15. The molecule has 1 N–H and O–H groups in total. The third-order valence-electron chi connectivity index (χ3n) is 4.00. The van der Waals surface area contributed by atoms with Crippen molar-refractivity contribution >= 4 is 11.8 Å². The van der Waals surface area contributed by atoms with Gasteiger partial charge in [0.25, 0.3) is 0 Å². The molecule has 0 aliphatic carbocycles. The average Bonchev–Trinajstić information content (AvgIpc) is 2.47. The smallest absolute Gasteiger partial charge is 0.310 e. The van der Waals surface area contributed by atoms with Crippen molar-refractivity contribution < 1.29 is 13.2 Å². The van der Waals surface area contributed by atoms with Crippen LogP contribution in [0.25, 0.3) is 0 Å². The first-order valence-electron chi connectivity index (χ1n) is 7.49. The van der Waals surface area contributed by atoms with Crippen LogP contribution in [0.3, 0.4) is 0 Å². The minimum Gasteiger partial charge on any atom is -0.310 e. The summed E-state index contributed by atoms with van der Waals surface area (Å²) < 4.78 is 39.6. The zero-order chi connectivity index (χ0) is 15.3. The molecule has 1 nitrogen and oxygen atoms in total. The molecule has 1 aliphatic rings. The van der Waals surface area contributed by atoms with Crippen LogP contribution in [0, 0.1) is 5.92 Å². The highest BCUT2D eigenvalue weighted by atomic mass is 32.2. The maximum absolute atomic E-state index is 13.2. The monoisotopic (exact) mass is 317 g/mol. The van der Waals surface area contributed by atoms with Gasteiger partial charge in [-0.05, 0) is 54.9 Å². The molecule has 0 aromatic heterocycles. The molecular weight excluding hydrogens is 295 g/mol. The fourth-order valence-electron chi connectivity index (χ4n) is 2.94. The number of nitrogens with one attached hydrogen (secondary N) is 1. The first-order chi connectivity index (χ1) is 10.0. The zero-order valence-corrected chi connectivity index (χ0v) is 13.1. The molecule has 1 aromatic carbocycles. The number of benzene rings is 1. The Bertz CT molecular complexity index is 441. The van der Waals surface area contributed by atoms with Crippen molar-refractivity contribution in [2.75, 3.05) is 18.1 Å². The van der Waals surface area contributed by atoms with E-state index in [2.05, 4.69) is 5.32 Å². The van der Waals surface area contributed by atoms with Crippen LogP contribution >= 0.6 is 11.8 Å². The molecule has 0 saturated carbocycles. The highest BCUT2D eigenvalue weighted by Gasteiger charge is 2.35. The van der Waals surface area contributed by atoms with Crippen molar-refractivity contribution in [3.05, 3.63) is 35.4 Å². The molecule has 1 unspecified atom stereocenters. The van der Waals surface area contributed by atoms with Crippen LogP contribution in [0.4, 0.5) is 13.2 Å². The second-order valence-corrected chi connectivity index (χ2v) is 6.71. The van der Waals surface area contributed by atoms with Gasteiger partial charge in [-0.2, -0.15) is 24.9 Å². The summed E-state index contributed by atoms with van der Waals surface area (Å²) >= 11 is 1.94. The van der Waals surface area contributed by atoms with Crippen LogP contribution in [0.1, 0.15) is 43.4 Å². The van der Waals surface area contributed by atoms with E-state index in [4.69, 9.17) is 0 Å². The molecule has 1 saturated heterocycles. The lowest BCUT2D eigenvalue weighted by Gasteiger charge is -2.28. The molecule has 1 aromatic rings. The lowest BCUT2D eigenvalue weighted by atomic mass is 9.88. The zero-order valence-electron chi connectivity index (χ0n) is 12.2. The van der Waals surface area contributed by atoms with E-state index in [0.29, 0.717) is 18.0 Å². The van der Waals surface area contributed by atoms with E-state index in [-0.39, 0.29) is 6.04 Å². The SMILES string of the molecule is CCNC(CC1CCSCC1)c1ccccc1C(F)(F)F. The van der Waals surface area contributed by atoms with E-state index >= 15 is 0 Å². The minimum absolute atomic E-state index is 0.207. The second-order valence-electron chi connectivity index (χ2n) is 5.49. The summed E-state index contributed by atoms with van der Waals surface area (Å²) in [6.45, 7) is 2.62. The summed E-state index contributed by atoms with van der Waals surface area (Å²) in [4.78, 5) is 0. The highest BCUT2D eigenvalue weighted by Crippen LogP contribution is 2.38. The Morgan fingerprint density at radius 3 is 2.52 bits per heavy atom. The summed E-state index contributed by atoms with van der Waals surface area (Å²) in [5.41, 5.74) is -0.105. The number of thioether (sulfide) groups is 1. The van der Waals surface area contributed by atoms with Gasteiger partial charge in [0, 0.05) is 6.04 Å². The molecular formula is C16H22F3NS. The standard InChI is InChI=1S/C16H22F3NS/c1-2-20-15(11-12-7-9-21-10-8-12)13-5-3-4-6-14(13)16(17,18)19/h3-6,12,15,20H,2,7-11H2,1H3. The summed E-state index contributed by atoms with van der Waals surface area (Å²) in [6.07, 6.45) is -1.27. The molecule has 0 amide bonds. The summed E-state index contributed by atoms with van der Waals surface area (Å²) in [6, 6.07) is 5.77. The van der Waals surface area contributed by atoms with Gasteiger partial charge in [-0.1, -0.05) is 25.1 Å². The van der Waals surface area contributed by atoms with Crippen molar-refractivity contribution in [2.24, 2.45) is 5.92 Å². The van der Waals surface area contributed by atoms with Gasteiger partial charge in [0.05, 0.1) is 5.56 Å². The summed E-state index contributed by atoms with van der Waals surface area (Å²) in [5.74, 6) is 2.78. The molecule has 21 heavy (non-hydrogen) atoms. The maximum Gasteiger partial charge on any atom is 0.416 e. The predicted molar refractivity (Wildman–Crippen MR) is 82.5 cm³/mol. The first kappa shape index (κ1) is 16.7. The number of hydrogen-bond acceptors (Lipinski definition) is 2. The number of halogens is 3. The van der Waals surface area contributed by atoms with Crippen molar-refractivity contribution in [3.63, 3.8) is 0 Å². The minimum atomic E-state index is -4.29. The van der Waals surface area contributed by atoms with Gasteiger partial charge in [-0.3, -0.25) is 0 Å². The lowest BCUT2D eigenvalue weighted by molar-refractivity contribution is -0.138. The number of hydrogen-bond donors (Lipinski definition) is 1. The number of rotatable bonds is 5. The Balaban J connectivity index is 2.21. The third-order valence-corrected chi connectivity index (χ3v) is 5.05. The summed E-state index contributed by atoms with van der Waals surface area (Å²) in [7, 11) is 0. The average molecular weight is 317 g/mol. The van der Waals surface area contributed by atoms with E-state index in [0.717, 1.165) is 30.8 Å². The number of alkyl halides is 3. The van der Waals surface area contributed by atoms with Gasteiger partial charge >= 0.3 is 6.18 Å². The molecule has 1 aliphatic heterocycles. The molecule has 0 bridgehead atoms. The maximum atomic E-state index is 13.2. The Morgan fingerprint density at radius 2 is 1.90 bits per heavy atom. The lowest BCUT2D eigenvalue weighted by Crippen LogP contribution is -2.27. The van der Waals surface area contributed by atoms with Crippen LogP contribution in [-0.4, -0.2) is 18.1 Å². The van der Waals surface area contributed by atoms with Crippen molar-refractivity contribution in [3.8, 4) is 0 Å². The predicted octanol–water partition coefficient (Wildman–Crippen LogP) is 4.89. The van der Waals surface area contributed by atoms with E-state index in [1.807, 2.05) is 18.7 Å². The normalized spacial score (nSPS) is 18.7. The molecule has 1 fully saturated rings. The van der Waals surface area contributed by atoms with Crippen LogP contribution in [0.2, 0.25) is 0 Å². The molecule has 2 rings (SSSR count).